The highest BCUT2D eigenvalue weighted by Crippen LogP contribution is 2.20. The summed E-state index contributed by atoms with van der Waals surface area (Å²) in [6.45, 7) is 4.54. The monoisotopic (exact) mass is 319 g/mol. The summed E-state index contributed by atoms with van der Waals surface area (Å²) in [4.78, 5) is 12.0. The number of aliphatic hydroxyl groups is 1. The zero-order valence-electron chi connectivity index (χ0n) is 13.4. The van der Waals surface area contributed by atoms with E-state index in [0.717, 1.165) is 12.8 Å². The van der Waals surface area contributed by atoms with Crippen molar-refractivity contribution in [3.05, 3.63) is 48.0 Å². The number of aromatic nitrogens is 2. The topological polar surface area (TPSA) is 67.2 Å². The molecule has 0 aliphatic rings. The summed E-state index contributed by atoms with van der Waals surface area (Å²) in [6, 6.07) is 6.02. The normalized spacial score (nSPS) is 11.5. The van der Waals surface area contributed by atoms with Crippen LogP contribution in [0.3, 0.4) is 0 Å². The Morgan fingerprint density at radius 2 is 2.22 bits per heavy atom. The number of aliphatic hydroxyl groups excluding tert-OH is 1. The van der Waals surface area contributed by atoms with E-state index in [-0.39, 0.29) is 23.5 Å². The first kappa shape index (κ1) is 17.1. The Morgan fingerprint density at radius 1 is 1.43 bits per heavy atom. The van der Waals surface area contributed by atoms with Crippen molar-refractivity contribution in [1.82, 2.24) is 15.1 Å². The van der Waals surface area contributed by atoms with Crippen LogP contribution in [0.25, 0.3) is 5.69 Å². The minimum Gasteiger partial charge on any atom is -0.396 e. The summed E-state index contributed by atoms with van der Waals surface area (Å²) in [5, 5.41) is 15.9. The maximum Gasteiger partial charge on any atom is 0.251 e. The standard InChI is InChI=1S/C17H22FN3O2/c1-17(2,12-22)7-3-8-19-16(23)13-5-6-15(14(18)11-13)21-10-4-9-20-21/h4-6,9-11,22H,3,7-8,12H2,1-2H3,(H,19,23). The lowest BCUT2D eigenvalue weighted by Gasteiger charge is -2.21. The third kappa shape index (κ3) is 4.63. The van der Waals surface area contributed by atoms with Crippen LogP contribution in [0.1, 0.15) is 37.0 Å². The fourth-order valence-corrected chi connectivity index (χ4v) is 2.20. The highest BCUT2D eigenvalue weighted by molar-refractivity contribution is 5.94. The first-order chi connectivity index (χ1) is 10.9. The second-order valence-electron chi connectivity index (χ2n) is 6.30. The predicted molar refractivity (Wildman–Crippen MR) is 86.0 cm³/mol. The zero-order valence-corrected chi connectivity index (χ0v) is 13.4. The van der Waals surface area contributed by atoms with Crippen LogP contribution in [-0.4, -0.2) is 33.9 Å². The summed E-state index contributed by atoms with van der Waals surface area (Å²) in [7, 11) is 0. The van der Waals surface area contributed by atoms with E-state index in [4.69, 9.17) is 0 Å². The lowest BCUT2D eigenvalue weighted by atomic mass is 9.89. The van der Waals surface area contributed by atoms with Gasteiger partial charge in [-0.25, -0.2) is 9.07 Å². The van der Waals surface area contributed by atoms with E-state index in [1.807, 2.05) is 13.8 Å². The number of benzene rings is 1. The number of hydrogen-bond acceptors (Lipinski definition) is 3. The summed E-state index contributed by atoms with van der Waals surface area (Å²) < 4.78 is 15.5. The van der Waals surface area contributed by atoms with Gasteiger partial charge in [0.1, 0.15) is 11.5 Å². The van der Waals surface area contributed by atoms with Crippen molar-refractivity contribution >= 4 is 5.91 Å². The Bertz CT molecular complexity index is 654. The van der Waals surface area contributed by atoms with Gasteiger partial charge in [0.15, 0.2) is 0 Å². The van der Waals surface area contributed by atoms with Crippen LogP contribution in [0.2, 0.25) is 0 Å². The molecule has 23 heavy (non-hydrogen) atoms. The van der Waals surface area contributed by atoms with Crippen LogP contribution in [-0.2, 0) is 0 Å². The molecule has 6 heteroatoms. The second kappa shape index (κ2) is 7.37. The zero-order chi connectivity index (χ0) is 16.9. The summed E-state index contributed by atoms with van der Waals surface area (Å²) in [5.74, 6) is -0.805. The largest absolute Gasteiger partial charge is 0.396 e. The Hall–Kier alpha value is -2.21. The molecule has 1 amide bonds. The number of rotatable bonds is 7. The van der Waals surface area contributed by atoms with Crippen molar-refractivity contribution < 1.29 is 14.3 Å². The van der Waals surface area contributed by atoms with Gasteiger partial charge in [-0.1, -0.05) is 13.8 Å². The van der Waals surface area contributed by atoms with Gasteiger partial charge >= 0.3 is 0 Å². The molecule has 0 bridgehead atoms. The minimum absolute atomic E-state index is 0.112. The average molecular weight is 319 g/mol. The van der Waals surface area contributed by atoms with Crippen LogP contribution < -0.4 is 5.32 Å². The molecule has 1 aromatic heterocycles. The Labute approximate surface area is 135 Å². The van der Waals surface area contributed by atoms with Gasteiger partial charge in [0.2, 0.25) is 0 Å². The van der Waals surface area contributed by atoms with E-state index in [1.165, 1.54) is 16.8 Å². The van der Waals surface area contributed by atoms with E-state index >= 15 is 0 Å². The molecule has 2 rings (SSSR count). The highest BCUT2D eigenvalue weighted by Gasteiger charge is 2.16. The number of carbonyl (C=O) groups excluding carboxylic acids is 1. The summed E-state index contributed by atoms with van der Waals surface area (Å²) in [6.07, 6.45) is 4.76. The molecule has 0 fully saturated rings. The molecule has 1 aromatic carbocycles. The molecule has 0 spiro atoms. The lowest BCUT2D eigenvalue weighted by molar-refractivity contribution is 0.0948. The van der Waals surface area contributed by atoms with Crippen LogP contribution in [0, 0.1) is 11.2 Å². The molecule has 0 radical (unpaired) electrons. The smallest absolute Gasteiger partial charge is 0.251 e. The Kier molecular flexibility index (Phi) is 5.50. The third-order valence-corrected chi connectivity index (χ3v) is 3.71. The molecule has 0 saturated carbocycles. The molecule has 1 heterocycles. The molecule has 5 nitrogen and oxygen atoms in total. The Balaban J connectivity index is 1.92. The SMILES string of the molecule is CC(C)(CO)CCCNC(=O)c1ccc(-n2cccn2)c(F)c1. The lowest BCUT2D eigenvalue weighted by Crippen LogP contribution is -2.26. The van der Waals surface area contributed by atoms with Crippen molar-refractivity contribution in [3.8, 4) is 5.69 Å². The van der Waals surface area contributed by atoms with E-state index in [9.17, 15) is 14.3 Å². The Morgan fingerprint density at radius 3 is 2.83 bits per heavy atom. The number of amides is 1. The first-order valence-electron chi connectivity index (χ1n) is 7.61. The molecule has 2 N–H and O–H groups in total. The van der Waals surface area contributed by atoms with Gasteiger partial charge in [0, 0.05) is 31.1 Å². The van der Waals surface area contributed by atoms with Gasteiger partial charge < -0.3 is 10.4 Å². The fourth-order valence-electron chi connectivity index (χ4n) is 2.20. The van der Waals surface area contributed by atoms with Crippen LogP contribution in [0.4, 0.5) is 4.39 Å². The van der Waals surface area contributed by atoms with Gasteiger partial charge in [0.25, 0.3) is 5.91 Å². The molecule has 124 valence electrons. The van der Waals surface area contributed by atoms with Gasteiger partial charge in [-0.2, -0.15) is 5.10 Å². The van der Waals surface area contributed by atoms with E-state index < -0.39 is 5.82 Å². The van der Waals surface area contributed by atoms with E-state index in [0.29, 0.717) is 12.2 Å². The summed E-state index contributed by atoms with van der Waals surface area (Å²) >= 11 is 0. The fraction of sp³-hybridized carbons (Fsp3) is 0.412. The number of nitrogens with one attached hydrogen (secondary N) is 1. The molecule has 0 saturated heterocycles. The number of carbonyl (C=O) groups is 1. The molecule has 0 aliphatic carbocycles. The first-order valence-corrected chi connectivity index (χ1v) is 7.61. The van der Waals surface area contributed by atoms with Crippen molar-refractivity contribution in [2.24, 2.45) is 5.41 Å². The maximum absolute atomic E-state index is 14.1. The molecule has 0 unspecified atom stereocenters. The highest BCUT2D eigenvalue weighted by atomic mass is 19.1. The van der Waals surface area contributed by atoms with Crippen molar-refractivity contribution in [1.29, 1.82) is 0 Å². The number of hydrogen-bond donors (Lipinski definition) is 2. The van der Waals surface area contributed by atoms with Crippen molar-refractivity contribution in [2.75, 3.05) is 13.2 Å². The van der Waals surface area contributed by atoms with Crippen molar-refractivity contribution in [2.45, 2.75) is 26.7 Å². The molecule has 0 aliphatic heterocycles. The van der Waals surface area contributed by atoms with Gasteiger partial charge in [-0.15, -0.1) is 0 Å². The van der Waals surface area contributed by atoms with Crippen LogP contribution in [0.15, 0.2) is 36.7 Å². The predicted octanol–water partition coefficient (Wildman–Crippen LogP) is 2.54. The second-order valence-corrected chi connectivity index (χ2v) is 6.30. The van der Waals surface area contributed by atoms with Gasteiger partial charge in [-0.3, -0.25) is 4.79 Å². The molecule has 2 aromatic rings. The van der Waals surface area contributed by atoms with Crippen LogP contribution >= 0.6 is 0 Å². The van der Waals surface area contributed by atoms with Gasteiger partial charge in [-0.05, 0) is 42.5 Å². The third-order valence-electron chi connectivity index (χ3n) is 3.71. The average Bonchev–Trinajstić information content (AvgIpc) is 3.05. The maximum atomic E-state index is 14.1. The molecule has 0 atom stereocenters. The quantitative estimate of drug-likeness (QED) is 0.771. The minimum atomic E-state index is -0.497. The van der Waals surface area contributed by atoms with E-state index in [1.54, 1.807) is 24.5 Å². The summed E-state index contributed by atoms with van der Waals surface area (Å²) in [5.41, 5.74) is 0.429. The molecular weight excluding hydrogens is 297 g/mol. The number of nitrogens with zero attached hydrogens (tertiary/aromatic N) is 2. The van der Waals surface area contributed by atoms with E-state index in [2.05, 4.69) is 10.4 Å². The number of halogens is 1. The van der Waals surface area contributed by atoms with Crippen LogP contribution in [0.5, 0.6) is 0 Å². The molecular formula is C17H22FN3O2. The van der Waals surface area contributed by atoms with Gasteiger partial charge in [0.05, 0.1) is 0 Å². The van der Waals surface area contributed by atoms with Crippen molar-refractivity contribution in [3.63, 3.8) is 0 Å².